The van der Waals surface area contributed by atoms with Gasteiger partial charge in [-0.15, -0.1) is 0 Å². The molecule has 1 heterocycles. The van der Waals surface area contributed by atoms with Gasteiger partial charge >= 0.3 is 0 Å². The second-order valence-electron chi connectivity index (χ2n) is 7.65. The molecule has 0 saturated carbocycles. The quantitative estimate of drug-likeness (QED) is 0.283. The van der Waals surface area contributed by atoms with Crippen LogP contribution in [-0.2, 0) is 10.1 Å². The molecule has 0 unspecified atom stereocenters. The SMILES string of the molecule is CCC/N=c1\ccc2c(-c3ccccc3S(=O)(=O)O)c3ccc(NCCC)cc3oc-2c1. The summed E-state index contributed by atoms with van der Waals surface area (Å²) in [6, 6.07) is 17.9. The summed E-state index contributed by atoms with van der Waals surface area (Å²) in [4.78, 5) is 4.43. The predicted octanol–water partition coefficient (Wildman–Crippen LogP) is 5.58. The monoisotopic (exact) mass is 450 g/mol. The van der Waals surface area contributed by atoms with Crippen molar-refractivity contribution in [2.45, 2.75) is 31.6 Å². The van der Waals surface area contributed by atoms with Crippen molar-refractivity contribution in [3.63, 3.8) is 0 Å². The van der Waals surface area contributed by atoms with Crippen LogP contribution in [0.5, 0.6) is 0 Å². The molecule has 0 bridgehead atoms. The van der Waals surface area contributed by atoms with Crippen molar-refractivity contribution in [2.24, 2.45) is 4.99 Å². The summed E-state index contributed by atoms with van der Waals surface area (Å²) in [5.41, 5.74) is 3.40. The summed E-state index contributed by atoms with van der Waals surface area (Å²) >= 11 is 0. The molecule has 7 heteroatoms. The first-order valence-electron chi connectivity index (χ1n) is 10.7. The molecule has 166 valence electrons. The van der Waals surface area contributed by atoms with E-state index >= 15 is 0 Å². The lowest BCUT2D eigenvalue weighted by atomic mass is 9.93. The van der Waals surface area contributed by atoms with Gasteiger partial charge in [-0.1, -0.05) is 32.0 Å². The van der Waals surface area contributed by atoms with Crippen molar-refractivity contribution in [1.82, 2.24) is 0 Å². The van der Waals surface area contributed by atoms with Crippen molar-refractivity contribution in [3.8, 4) is 22.5 Å². The number of fused-ring (bicyclic) bond motifs is 2. The summed E-state index contributed by atoms with van der Waals surface area (Å²) in [5.74, 6) is 0.600. The summed E-state index contributed by atoms with van der Waals surface area (Å²) < 4.78 is 40.4. The average molecular weight is 451 g/mol. The van der Waals surface area contributed by atoms with E-state index in [-0.39, 0.29) is 4.90 Å². The Morgan fingerprint density at radius 2 is 1.78 bits per heavy atom. The molecule has 4 rings (SSSR count). The number of nitrogens with zero attached hydrogens (tertiary/aromatic N) is 1. The van der Waals surface area contributed by atoms with E-state index in [2.05, 4.69) is 24.2 Å². The highest BCUT2D eigenvalue weighted by molar-refractivity contribution is 7.86. The lowest BCUT2D eigenvalue weighted by Crippen LogP contribution is -2.06. The zero-order valence-corrected chi connectivity index (χ0v) is 18.9. The van der Waals surface area contributed by atoms with Crippen LogP contribution in [0.1, 0.15) is 26.7 Å². The Hall–Kier alpha value is -3.16. The van der Waals surface area contributed by atoms with Crippen LogP contribution in [0.15, 0.2) is 75.0 Å². The topological polar surface area (TPSA) is 91.9 Å². The zero-order chi connectivity index (χ0) is 22.7. The number of hydrogen-bond donors (Lipinski definition) is 2. The third kappa shape index (κ3) is 4.40. The molecule has 0 aromatic heterocycles. The number of rotatable bonds is 7. The molecule has 2 N–H and O–H groups in total. The number of hydrogen-bond acceptors (Lipinski definition) is 5. The third-order valence-electron chi connectivity index (χ3n) is 5.24. The molecular weight excluding hydrogens is 424 g/mol. The standard InChI is InChI=1S/C25H26N2O4S/c1-3-13-26-17-9-11-19-22(15-17)31-23-16-18(27-14-4-2)10-12-20(23)25(19)21-7-5-6-8-24(21)32(28,29)30/h5-12,15-16,26H,3-4,13-14H2,1-2H3,(H,28,29,30)/b27-18+. The molecule has 0 amide bonds. The van der Waals surface area contributed by atoms with E-state index in [4.69, 9.17) is 4.42 Å². The molecule has 1 aliphatic carbocycles. The van der Waals surface area contributed by atoms with Crippen LogP contribution in [0, 0.1) is 0 Å². The van der Waals surface area contributed by atoms with Gasteiger partial charge in [0, 0.05) is 53.0 Å². The molecule has 32 heavy (non-hydrogen) atoms. The van der Waals surface area contributed by atoms with Gasteiger partial charge < -0.3 is 9.73 Å². The summed E-state index contributed by atoms with van der Waals surface area (Å²) in [6.07, 6.45) is 1.93. The van der Waals surface area contributed by atoms with E-state index in [0.29, 0.717) is 29.0 Å². The van der Waals surface area contributed by atoms with Gasteiger partial charge in [0.05, 0.1) is 5.36 Å². The van der Waals surface area contributed by atoms with Crippen LogP contribution in [0.4, 0.5) is 5.69 Å². The van der Waals surface area contributed by atoms with E-state index < -0.39 is 10.1 Å². The largest absolute Gasteiger partial charge is 0.456 e. The van der Waals surface area contributed by atoms with Crippen molar-refractivity contribution < 1.29 is 17.4 Å². The minimum Gasteiger partial charge on any atom is -0.456 e. The highest BCUT2D eigenvalue weighted by Gasteiger charge is 2.23. The van der Waals surface area contributed by atoms with Crippen molar-refractivity contribution in [1.29, 1.82) is 0 Å². The predicted molar refractivity (Wildman–Crippen MR) is 128 cm³/mol. The lowest BCUT2D eigenvalue weighted by Gasteiger charge is -2.17. The fourth-order valence-corrected chi connectivity index (χ4v) is 4.48. The van der Waals surface area contributed by atoms with E-state index in [1.807, 2.05) is 36.4 Å². The van der Waals surface area contributed by atoms with Crippen LogP contribution in [0.25, 0.3) is 33.4 Å². The van der Waals surface area contributed by atoms with Crippen molar-refractivity contribution in [3.05, 3.63) is 66.0 Å². The number of anilines is 1. The smallest absolute Gasteiger partial charge is 0.295 e. The van der Waals surface area contributed by atoms with Crippen LogP contribution in [0.3, 0.4) is 0 Å². The molecule has 1 aliphatic heterocycles. The summed E-state index contributed by atoms with van der Waals surface area (Å²) in [5, 5.41) is 4.92. The molecule has 0 radical (unpaired) electrons. The van der Waals surface area contributed by atoms with Crippen molar-refractivity contribution in [2.75, 3.05) is 18.4 Å². The first-order valence-corrected chi connectivity index (χ1v) is 12.2. The van der Waals surface area contributed by atoms with E-state index in [1.54, 1.807) is 18.2 Å². The third-order valence-corrected chi connectivity index (χ3v) is 6.15. The Morgan fingerprint density at radius 3 is 2.53 bits per heavy atom. The second kappa shape index (κ2) is 9.14. The minimum atomic E-state index is -4.42. The molecule has 2 aromatic carbocycles. The molecule has 2 aromatic rings. The van der Waals surface area contributed by atoms with Gasteiger partial charge in [0.25, 0.3) is 10.1 Å². The minimum absolute atomic E-state index is 0.137. The molecule has 0 saturated heterocycles. The van der Waals surface area contributed by atoms with Crippen LogP contribution >= 0.6 is 0 Å². The first kappa shape index (κ1) is 22.0. The number of benzene rings is 3. The molecule has 0 fully saturated rings. The first-order chi connectivity index (χ1) is 15.4. The highest BCUT2D eigenvalue weighted by atomic mass is 32.2. The van der Waals surface area contributed by atoms with Gasteiger partial charge in [-0.2, -0.15) is 8.42 Å². The molecule has 0 atom stereocenters. The van der Waals surface area contributed by atoms with Gasteiger partial charge in [-0.25, -0.2) is 0 Å². The second-order valence-corrected chi connectivity index (χ2v) is 9.04. The fraction of sp³-hybridized carbons (Fsp3) is 0.240. The maximum Gasteiger partial charge on any atom is 0.295 e. The van der Waals surface area contributed by atoms with Gasteiger partial charge in [0.2, 0.25) is 0 Å². The Bertz CT molecular complexity index is 1410. The van der Waals surface area contributed by atoms with E-state index in [1.165, 1.54) is 6.07 Å². The average Bonchev–Trinajstić information content (AvgIpc) is 2.79. The lowest BCUT2D eigenvalue weighted by molar-refractivity contribution is 0.483. The Labute approximate surface area is 187 Å². The molecule has 0 spiro atoms. The summed E-state index contributed by atoms with van der Waals surface area (Å²) in [7, 11) is -4.42. The maximum atomic E-state index is 12.2. The van der Waals surface area contributed by atoms with Crippen molar-refractivity contribution >= 4 is 26.8 Å². The zero-order valence-electron chi connectivity index (χ0n) is 18.1. The van der Waals surface area contributed by atoms with Crippen LogP contribution in [0.2, 0.25) is 0 Å². The van der Waals surface area contributed by atoms with Crippen LogP contribution in [-0.4, -0.2) is 26.1 Å². The number of nitrogens with one attached hydrogen (secondary N) is 1. The Kier molecular flexibility index (Phi) is 6.30. The Morgan fingerprint density at radius 1 is 0.969 bits per heavy atom. The molecule has 2 aliphatic rings. The molecule has 6 nitrogen and oxygen atoms in total. The van der Waals surface area contributed by atoms with Gasteiger partial charge in [0.1, 0.15) is 16.2 Å². The highest BCUT2D eigenvalue weighted by Crippen LogP contribution is 2.42. The maximum absolute atomic E-state index is 12.2. The normalized spacial score (nSPS) is 12.5. The Balaban J connectivity index is 2.08. The van der Waals surface area contributed by atoms with Gasteiger partial charge in [-0.05, 0) is 43.2 Å². The molecular formula is C25H26N2O4S. The van der Waals surface area contributed by atoms with Crippen LogP contribution < -0.4 is 10.7 Å². The summed E-state index contributed by atoms with van der Waals surface area (Å²) in [6.45, 7) is 5.70. The van der Waals surface area contributed by atoms with Gasteiger partial charge in [-0.3, -0.25) is 9.55 Å². The van der Waals surface area contributed by atoms with E-state index in [0.717, 1.165) is 41.4 Å². The van der Waals surface area contributed by atoms with E-state index in [9.17, 15) is 13.0 Å². The fourth-order valence-electron chi connectivity index (χ4n) is 3.79. The van der Waals surface area contributed by atoms with Gasteiger partial charge in [0.15, 0.2) is 0 Å².